The van der Waals surface area contributed by atoms with Gasteiger partial charge < -0.3 is 35.7 Å². The van der Waals surface area contributed by atoms with Gasteiger partial charge >= 0.3 is 7.60 Å². The van der Waals surface area contributed by atoms with E-state index in [1.54, 1.807) is 0 Å². The topological polar surface area (TPSA) is 159 Å². The van der Waals surface area contributed by atoms with Crippen LogP contribution in [0.2, 0.25) is 0 Å². The van der Waals surface area contributed by atoms with Gasteiger partial charge in [-0.05, 0) is 0 Å². The van der Waals surface area contributed by atoms with Gasteiger partial charge in [0.1, 0.15) is 6.10 Å². The van der Waals surface area contributed by atoms with Gasteiger partial charge in [-0.25, -0.2) is 0 Å². The summed E-state index contributed by atoms with van der Waals surface area (Å²) in [6.07, 6.45) is -3.41. The summed E-state index contributed by atoms with van der Waals surface area (Å²) in [6.45, 7) is 0.675. The molecule has 0 spiro atoms. The molecule has 1 fully saturated rings. The lowest BCUT2D eigenvalue weighted by atomic mass is 9.89. The molecule has 0 saturated carbocycles. The largest absolute Gasteiger partial charge is 0.395 e. The third kappa shape index (κ3) is 4.50. The molecule has 9 nitrogen and oxygen atoms in total. The number of hydrogen-bond donors (Lipinski definition) is 7. The quantitative estimate of drug-likeness (QED) is 0.266. The van der Waals surface area contributed by atoms with Crippen LogP contribution in [0.25, 0.3) is 0 Å². The smallest absolute Gasteiger partial charge is 0.327 e. The first-order valence-electron chi connectivity index (χ1n) is 5.70. The number of hydrogen-bond acceptors (Lipinski definition) is 6. The highest BCUT2D eigenvalue weighted by Gasteiger charge is 2.45. The van der Waals surface area contributed by atoms with E-state index in [0.717, 1.165) is 0 Å². The normalized spacial score (nSPS) is 36.0. The summed E-state index contributed by atoms with van der Waals surface area (Å²) in [4.78, 5) is 29.0. The standard InChI is InChI=1S/C9H19N2O7P/c1-4(13)10-7-6(3-19(16,17)18)11-5(2-12)8(14)9(7)15/h5-9,11-12,14-15H,2-3H2,1H3,(H,10,13)(H2,16,17,18)/t5-,6+,7-,8+,9+/m0/s1. The van der Waals surface area contributed by atoms with Gasteiger partial charge in [0, 0.05) is 13.0 Å². The first-order valence-corrected chi connectivity index (χ1v) is 7.50. The summed E-state index contributed by atoms with van der Waals surface area (Å²) in [5.74, 6) is -0.504. The fourth-order valence-corrected chi connectivity index (χ4v) is 3.01. The van der Waals surface area contributed by atoms with E-state index in [1.165, 1.54) is 6.92 Å². The summed E-state index contributed by atoms with van der Waals surface area (Å²) in [6, 6.07) is -2.93. The Kier molecular flexibility index (Phi) is 5.45. The molecule has 0 unspecified atom stereocenters. The molecule has 0 aromatic carbocycles. The average Bonchev–Trinajstić information content (AvgIpc) is 2.26. The second-order valence-corrected chi connectivity index (χ2v) is 6.31. The van der Waals surface area contributed by atoms with Crippen LogP contribution in [0, 0.1) is 0 Å². The molecule has 112 valence electrons. The van der Waals surface area contributed by atoms with E-state index in [1.807, 2.05) is 0 Å². The first kappa shape index (κ1) is 16.5. The van der Waals surface area contributed by atoms with Crippen LogP contribution in [0.1, 0.15) is 6.92 Å². The van der Waals surface area contributed by atoms with Crippen molar-refractivity contribution in [3.8, 4) is 0 Å². The molecular formula is C9H19N2O7P. The fraction of sp³-hybridized carbons (Fsp3) is 0.889. The van der Waals surface area contributed by atoms with Gasteiger partial charge in [-0.2, -0.15) is 0 Å². The maximum Gasteiger partial charge on any atom is 0.327 e. The predicted octanol–water partition coefficient (Wildman–Crippen LogP) is -3.28. The van der Waals surface area contributed by atoms with E-state index in [-0.39, 0.29) is 0 Å². The molecule has 0 aromatic heterocycles. The Bertz CT molecular complexity index is 374. The minimum absolute atomic E-state index is 0.504. The summed E-state index contributed by atoms with van der Waals surface area (Å²) in [5.41, 5.74) is 0. The van der Waals surface area contributed by atoms with Gasteiger partial charge in [0.2, 0.25) is 5.91 Å². The van der Waals surface area contributed by atoms with Crippen LogP contribution in [0.5, 0.6) is 0 Å². The summed E-state index contributed by atoms with van der Waals surface area (Å²) >= 11 is 0. The minimum atomic E-state index is -4.39. The zero-order valence-electron chi connectivity index (χ0n) is 10.3. The zero-order valence-corrected chi connectivity index (χ0v) is 11.2. The van der Waals surface area contributed by atoms with E-state index in [0.29, 0.717) is 0 Å². The fourth-order valence-electron chi connectivity index (χ4n) is 2.17. The van der Waals surface area contributed by atoms with E-state index in [2.05, 4.69) is 10.6 Å². The molecule has 0 aromatic rings. The summed E-state index contributed by atoms with van der Waals surface area (Å²) in [5, 5.41) is 33.6. The Morgan fingerprint density at radius 2 is 1.84 bits per heavy atom. The van der Waals surface area contributed by atoms with Gasteiger partial charge in [-0.1, -0.05) is 0 Å². The molecule has 5 atom stereocenters. The van der Waals surface area contributed by atoms with Crippen molar-refractivity contribution in [3.05, 3.63) is 0 Å². The third-order valence-corrected chi connectivity index (χ3v) is 3.86. The van der Waals surface area contributed by atoms with E-state index >= 15 is 0 Å². The van der Waals surface area contributed by atoms with E-state index < -0.39 is 56.6 Å². The van der Waals surface area contributed by atoms with E-state index in [9.17, 15) is 19.6 Å². The molecule has 0 radical (unpaired) electrons. The number of carbonyl (C=O) groups excluding carboxylic acids is 1. The van der Waals surface area contributed by atoms with Gasteiger partial charge in [-0.15, -0.1) is 0 Å². The van der Waals surface area contributed by atoms with Crippen molar-refractivity contribution in [2.75, 3.05) is 12.8 Å². The zero-order chi connectivity index (χ0) is 14.8. The lowest BCUT2D eigenvalue weighted by Gasteiger charge is -2.43. The first-order chi connectivity index (χ1) is 8.65. The molecule has 10 heteroatoms. The van der Waals surface area contributed by atoms with Crippen molar-refractivity contribution in [2.24, 2.45) is 0 Å². The van der Waals surface area contributed by atoms with Crippen molar-refractivity contribution in [1.29, 1.82) is 0 Å². The maximum absolute atomic E-state index is 11.1. The highest BCUT2D eigenvalue weighted by molar-refractivity contribution is 7.51. The predicted molar refractivity (Wildman–Crippen MR) is 64.3 cm³/mol. The molecule has 1 rings (SSSR count). The molecule has 19 heavy (non-hydrogen) atoms. The minimum Gasteiger partial charge on any atom is -0.395 e. The molecule has 0 aliphatic carbocycles. The Balaban J connectivity index is 2.92. The van der Waals surface area contributed by atoms with Crippen molar-refractivity contribution in [2.45, 2.75) is 37.3 Å². The van der Waals surface area contributed by atoms with Crippen LogP contribution in [0.3, 0.4) is 0 Å². The molecule has 1 heterocycles. The molecule has 7 N–H and O–H groups in total. The second-order valence-electron chi connectivity index (χ2n) is 4.62. The number of aliphatic hydroxyl groups is 3. The van der Waals surface area contributed by atoms with Gasteiger partial charge in [0.15, 0.2) is 0 Å². The number of carbonyl (C=O) groups is 1. The average molecular weight is 298 g/mol. The number of nitrogens with one attached hydrogen (secondary N) is 2. The number of rotatable bonds is 4. The van der Waals surface area contributed by atoms with Gasteiger partial charge in [0.05, 0.1) is 31.0 Å². The van der Waals surface area contributed by atoms with Crippen molar-refractivity contribution in [3.63, 3.8) is 0 Å². The molecule has 1 aliphatic rings. The van der Waals surface area contributed by atoms with Crippen LogP contribution < -0.4 is 10.6 Å². The Morgan fingerprint density at radius 3 is 2.26 bits per heavy atom. The van der Waals surface area contributed by atoms with Crippen LogP contribution in [-0.4, -0.2) is 74.1 Å². The van der Waals surface area contributed by atoms with Crippen LogP contribution in [-0.2, 0) is 9.36 Å². The molecule has 1 amide bonds. The number of piperidine rings is 1. The number of aliphatic hydroxyl groups excluding tert-OH is 3. The summed E-state index contributed by atoms with van der Waals surface area (Å²) in [7, 11) is -4.39. The van der Waals surface area contributed by atoms with Gasteiger partial charge in [0.25, 0.3) is 0 Å². The van der Waals surface area contributed by atoms with Gasteiger partial charge in [-0.3, -0.25) is 9.36 Å². The highest BCUT2D eigenvalue weighted by atomic mass is 31.2. The highest BCUT2D eigenvalue weighted by Crippen LogP contribution is 2.37. The second kappa shape index (κ2) is 6.27. The lowest BCUT2D eigenvalue weighted by Crippen LogP contribution is -2.70. The third-order valence-electron chi connectivity index (χ3n) is 2.99. The van der Waals surface area contributed by atoms with Crippen LogP contribution in [0.4, 0.5) is 0 Å². The lowest BCUT2D eigenvalue weighted by molar-refractivity contribution is -0.124. The Morgan fingerprint density at radius 1 is 1.26 bits per heavy atom. The Hall–Kier alpha value is -0.540. The Labute approximate surface area is 109 Å². The van der Waals surface area contributed by atoms with E-state index in [4.69, 9.17) is 14.9 Å². The van der Waals surface area contributed by atoms with Crippen LogP contribution >= 0.6 is 7.60 Å². The molecule has 0 bridgehead atoms. The van der Waals surface area contributed by atoms with Crippen molar-refractivity contribution in [1.82, 2.24) is 10.6 Å². The number of amides is 1. The maximum atomic E-state index is 11.1. The SMILES string of the molecule is CC(=O)N[C@@H]1[C@@H](O)[C@H](O)[C@H](CO)N[C@@H]1CP(=O)(O)O. The monoisotopic (exact) mass is 298 g/mol. The molecule has 1 saturated heterocycles. The van der Waals surface area contributed by atoms with Crippen molar-refractivity contribution >= 4 is 13.5 Å². The van der Waals surface area contributed by atoms with Crippen LogP contribution in [0.15, 0.2) is 0 Å². The van der Waals surface area contributed by atoms with Crippen molar-refractivity contribution < 1.29 is 34.5 Å². The molecule has 1 aliphatic heterocycles. The summed E-state index contributed by atoms with van der Waals surface area (Å²) < 4.78 is 11.0. The molecular weight excluding hydrogens is 279 g/mol.